The summed E-state index contributed by atoms with van der Waals surface area (Å²) >= 11 is 2.07. The fraction of sp³-hybridized carbons (Fsp3) is 0.643. The molecule has 0 aromatic carbocycles. The summed E-state index contributed by atoms with van der Waals surface area (Å²) in [6.07, 6.45) is 1.21. The fourth-order valence-corrected chi connectivity index (χ4v) is 3.23. The maximum Gasteiger partial charge on any atom is 0.130 e. The van der Waals surface area contributed by atoms with Crippen molar-refractivity contribution >= 4 is 23.4 Å². The van der Waals surface area contributed by atoms with Gasteiger partial charge in [-0.05, 0) is 25.5 Å². The molecule has 0 amide bonds. The Kier molecular flexibility index (Phi) is 4.38. The Morgan fingerprint density at radius 3 is 3.00 bits per heavy atom. The maximum absolute atomic E-state index is 4.68. The van der Waals surface area contributed by atoms with E-state index in [2.05, 4.69) is 59.9 Å². The van der Waals surface area contributed by atoms with E-state index in [1.165, 1.54) is 12.2 Å². The molecule has 0 saturated carbocycles. The lowest BCUT2D eigenvalue weighted by atomic mass is 10.1. The highest BCUT2D eigenvalue weighted by Crippen LogP contribution is 2.31. The van der Waals surface area contributed by atoms with E-state index >= 15 is 0 Å². The minimum absolute atomic E-state index is 0.397. The van der Waals surface area contributed by atoms with Crippen LogP contribution < -0.4 is 10.2 Å². The van der Waals surface area contributed by atoms with Crippen LogP contribution in [0.5, 0.6) is 0 Å². The second-order valence-electron chi connectivity index (χ2n) is 5.26. The molecule has 100 valence electrons. The Balaban J connectivity index is 2.08. The van der Waals surface area contributed by atoms with Gasteiger partial charge in [-0.3, -0.25) is 0 Å². The van der Waals surface area contributed by atoms with E-state index < -0.39 is 0 Å². The third kappa shape index (κ3) is 3.55. The van der Waals surface area contributed by atoms with Crippen LogP contribution in [-0.2, 0) is 0 Å². The van der Waals surface area contributed by atoms with Crippen molar-refractivity contribution < 1.29 is 0 Å². The molecule has 1 aromatic heterocycles. The van der Waals surface area contributed by atoms with Crippen molar-refractivity contribution in [2.45, 2.75) is 31.9 Å². The Morgan fingerprint density at radius 1 is 1.39 bits per heavy atom. The molecule has 1 aliphatic rings. The van der Waals surface area contributed by atoms with Crippen LogP contribution in [0, 0.1) is 0 Å². The van der Waals surface area contributed by atoms with Gasteiger partial charge in [0.05, 0.1) is 0 Å². The van der Waals surface area contributed by atoms with E-state index in [1.807, 2.05) is 6.07 Å². The maximum atomic E-state index is 4.68. The van der Waals surface area contributed by atoms with Crippen LogP contribution in [0.1, 0.15) is 27.2 Å². The van der Waals surface area contributed by atoms with Gasteiger partial charge in [0.25, 0.3) is 0 Å². The number of pyridine rings is 1. The molecule has 3 nitrogen and oxygen atoms in total. The van der Waals surface area contributed by atoms with Crippen LogP contribution >= 0.6 is 11.8 Å². The first kappa shape index (κ1) is 13.5. The summed E-state index contributed by atoms with van der Waals surface area (Å²) in [5.41, 5.74) is 0. The number of nitrogens with zero attached hydrogens (tertiary/aromatic N) is 2. The number of rotatable bonds is 3. The van der Waals surface area contributed by atoms with Crippen LogP contribution in [0.15, 0.2) is 18.2 Å². The lowest BCUT2D eigenvalue weighted by Crippen LogP contribution is -2.27. The number of thioether (sulfide) groups is 1. The highest BCUT2D eigenvalue weighted by atomic mass is 32.2. The van der Waals surface area contributed by atoms with Crippen LogP contribution in [0.3, 0.4) is 0 Å². The first-order valence-electron chi connectivity index (χ1n) is 6.70. The van der Waals surface area contributed by atoms with Crippen molar-refractivity contribution in [2.75, 3.05) is 35.6 Å². The molecule has 0 spiro atoms. The normalized spacial score (nSPS) is 19.4. The van der Waals surface area contributed by atoms with Crippen LogP contribution in [0.2, 0.25) is 0 Å². The quantitative estimate of drug-likeness (QED) is 0.908. The third-order valence-corrected chi connectivity index (χ3v) is 4.63. The standard InChI is InChI=1S/C14H23N3S/c1-4-15-12-6-5-7-13(16-12)17-9-8-14(2,3)18-11-10-17/h5-7H,4,8-11H2,1-3H3,(H,15,16). The van der Waals surface area contributed by atoms with Crippen molar-refractivity contribution in [1.29, 1.82) is 0 Å². The SMILES string of the molecule is CCNc1cccc(N2CCSC(C)(C)CC2)n1. The van der Waals surface area contributed by atoms with Crippen molar-refractivity contribution in [1.82, 2.24) is 4.98 Å². The fourth-order valence-electron chi connectivity index (χ4n) is 2.13. The summed E-state index contributed by atoms with van der Waals surface area (Å²) in [5, 5.41) is 3.28. The molecule has 0 atom stereocenters. The predicted octanol–water partition coefficient (Wildman–Crippen LogP) is 3.24. The molecule has 0 bridgehead atoms. The van der Waals surface area contributed by atoms with Crippen molar-refractivity contribution in [3.05, 3.63) is 18.2 Å². The number of hydrogen-bond donors (Lipinski definition) is 1. The molecule has 4 heteroatoms. The van der Waals surface area contributed by atoms with Gasteiger partial charge in [0, 0.05) is 30.1 Å². The molecule has 18 heavy (non-hydrogen) atoms. The molecule has 0 aliphatic carbocycles. The lowest BCUT2D eigenvalue weighted by Gasteiger charge is -2.23. The average Bonchev–Trinajstić information content (AvgIpc) is 2.51. The monoisotopic (exact) mass is 265 g/mol. The zero-order valence-corrected chi connectivity index (χ0v) is 12.4. The van der Waals surface area contributed by atoms with Crippen molar-refractivity contribution in [2.24, 2.45) is 0 Å². The Hall–Kier alpha value is -0.900. The minimum Gasteiger partial charge on any atom is -0.370 e. The van der Waals surface area contributed by atoms with Crippen LogP contribution in [0.25, 0.3) is 0 Å². The summed E-state index contributed by atoms with van der Waals surface area (Å²) < 4.78 is 0.397. The molecule has 1 aliphatic heterocycles. The summed E-state index contributed by atoms with van der Waals surface area (Å²) in [4.78, 5) is 7.09. The average molecular weight is 265 g/mol. The molecule has 0 unspecified atom stereocenters. The van der Waals surface area contributed by atoms with Gasteiger partial charge in [0.15, 0.2) is 0 Å². The first-order chi connectivity index (χ1) is 8.61. The molecule has 0 radical (unpaired) electrons. The summed E-state index contributed by atoms with van der Waals surface area (Å²) in [6, 6.07) is 6.23. The number of aromatic nitrogens is 1. The second kappa shape index (κ2) is 5.83. The Labute approximate surface area is 114 Å². The zero-order valence-electron chi connectivity index (χ0n) is 11.6. The topological polar surface area (TPSA) is 28.2 Å². The van der Waals surface area contributed by atoms with E-state index in [0.29, 0.717) is 4.75 Å². The molecule has 2 rings (SSSR count). The highest BCUT2D eigenvalue weighted by molar-refractivity contribution is 8.00. The van der Waals surface area contributed by atoms with Gasteiger partial charge >= 0.3 is 0 Å². The van der Waals surface area contributed by atoms with E-state index in [-0.39, 0.29) is 0 Å². The van der Waals surface area contributed by atoms with Gasteiger partial charge < -0.3 is 10.2 Å². The summed E-state index contributed by atoms with van der Waals surface area (Å²) in [7, 11) is 0. The zero-order chi connectivity index (χ0) is 13.0. The molecule has 1 fully saturated rings. The molecular formula is C14H23N3S. The Morgan fingerprint density at radius 2 is 2.22 bits per heavy atom. The van der Waals surface area contributed by atoms with E-state index in [4.69, 9.17) is 0 Å². The minimum atomic E-state index is 0.397. The van der Waals surface area contributed by atoms with Gasteiger partial charge in [-0.1, -0.05) is 19.9 Å². The van der Waals surface area contributed by atoms with Crippen molar-refractivity contribution in [3.63, 3.8) is 0 Å². The Bertz CT molecular complexity index is 392. The lowest BCUT2D eigenvalue weighted by molar-refractivity contribution is 0.635. The number of nitrogens with one attached hydrogen (secondary N) is 1. The third-order valence-electron chi connectivity index (χ3n) is 3.25. The van der Waals surface area contributed by atoms with Crippen LogP contribution in [0.4, 0.5) is 11.6 Å². The first-order valence-corrected chi connectivity index (χ1v) is 7.69. The summed E-state index contributed by atoms with van der Waals surface area (Å²) in [6.45, 7) is 9.88. The van der Waals surface area contributed by atoms with Gasteiger partial charge in [0.2, 0.25) is 0 Å². The number of anilines is 2. The predicted molar refractivity (Wildman–Crippen MR) is 81.8 cm³/mol. The molecule has 1 N–H and O–H groups in total. The smallest absolute Gasteiger partial charge is 0.130 e. The van der Waals surface area contributed by atoms with Crippen molar-refractivity contribution in [3.8, 4) is 0 Å². The largest absolute Gasteiger partial charge is 0.370 e. The van der Waals surface area contributed by atoms with E-state index in [9.17, 15) is 0 Å². The molecule has 1 aromatic rings. The van der Waals surface area contributed by atoms with Crippen LogP contribution in [-0.4, -0.2) is 35.1 Å². The summed E-state index contributed by atoms with van der Waals surface area (Å²) in [5.74, 6) is 3.26. The molecule has 1 saturated heterocycles. The number of hydrogen-bond acceptors (Lipinski definition) is 4. The van der Waals surface area contributed by atoms with Gasteiger partial charge in [-0.25, -0.2) is 4.98 Å². The van der Waals surface area contributed by atoms with Gasteiger partial charge in [-0.15, -0.1) is 0 Å². The highest BCUT2D eigenvalue weighted by Gasteiger charge is 2.24. The molecule has 2 heterocycles. The van der Waals surface area contributed by atoms with E-state index in [0.717, 1.165) is 31.3 Å². The van der Waals surface area contributed by atoms with E-state index in [1.54, 1.807) is 0 Å². The second-order valence-corrected chi connectivity index (χ2v) is 7.06. The van der Waals surface area contributed by atoms with Gasteiger partial charge in [0.1, 0.15) is 11.6 Å². The van der Waals surface area contributed by atoms with Gasteiger partial charge in [-0.2, -0.15) is 11.8 Å². The molecular weight excluding hydrogens is 242 g/mol.